The average molecular weight is 325 g/mol. The van der Waals surface area contributed by atoms with Crippen LogP contribution in [0.4, 0.5) is 11.5 Å². The summed E-state index contributed by atoms with van der Waals surface area (Å²) in [6.45, 7) is 0. The number of hydrogen-bond acceptors (Lipinski definition) is 6. The molecule has 0 atom stereocenters. The van der Waals surface area contributed by atoms with E-state index >= 15 is 0 Å². The van der Waals surface area contributed by atoms with E-state index in [4.69, 9.17) is 14.6 Å². The summed E-state index contributed by atoms with van der Waals surface area (Å²) in [7, 11) is 3.11. The zero-order chi connectivity index (χ0) is 17.1. The molecular weight excluding hydrogens is 310 g/mol. The minimum atomic E-state index is -0.988. The fourth-order valence-electron chi connectivity index (χ4n) is 2.35. The molecule has 0 aliphatic carbocycles. The first-order chi connectivity index (χ1) is 11.6. The Morgan fingerprint density at radius 1 is 1.08 bits per heavy atom. The number of aromatic nitrogens is 2. The van der Waals surface area contributed by atoms with E-state index < -0.39 is 5.97 Å². The number of nitrogens with zero attached hydrogens (tertiary/aromatic N) is 2. The van der Waals surface area contributed by atoms with Gasteiger partial charge in [-0.25, -0.2) is 14.8 Å². The van der Waals surface area contributed by atoms with Crippen molar-refractivity contribution < 1.29 is 19.4 Å². The minimum Gasteiger partial charge on any atom is -0.493 e. The monoisotopic (exact) mass is 325 g/mol. The third kappa shape index (κ3) is 2.91. The number of carboxylic acids is 1. The molecule has 3 rings (SSSR count). The molecule has 0 saturated carbocycles. The van der Waals surface area contributed by atoms with Crippen molar-refractivity contribution in [2.24, 2.45) is 0 Å². The maximum atomic E-state index is 11.1. The van der Waals surface area contributed by atoms with Gasteiger partial charge < -0.3 is 19.9 Å². The van der Waals surface area contributed by atoms with Gasteiger partial charge >= 0.3 is 5.97 Å². The van der Waals surface area contributed by atoms with Crippen LogP contribution in [0.5, 0.6) is 11.5 Å². The number of benzene rings is 2. The Bertz CT molecular complexity index is 911. The molecule has 122 valence electrons. The Morgan fingerprint density at radius 2 is 1.83 bits per heavy atom. The van der Waals surface area contributed by atoms with Crippen molar-refractivity contribution in [1.82, 2.24) is 9.97 Å². The van der Waals surface area contributed by atoms with Gasteiger partial charge in [-0.3, -0.25) is 0 Å². The number of rotatable bonds is 5. The van der Waals surface area contributed by atoms with E-state index in [9.17, 15) is 4.79 Å². The zero-order valence-corrected chi connectivity index (χ0v) is 13.1. The van der Waals surface area contributed by atoms with E-state index in [1.807, 2.05) is 0 Å². The molecule has 24 heavy (non-hydrogen) atoms. The third-order valence-corrected chi connectivity index (χ3v) is 3.51. The summed E-state index contributed by atoms with van der Waals surface area (Å²) >= 11 is 0. The highest BCUT2D eigenvalue weighted by Gasteiger charge is 2.11. The molecule has 1 heterocycles. The lowest BCUT2D eigenvalue weighted by atomic mass is 10.2. The Hall–Kier alpha value is -3.35. The predicted octanol–water partition coefficient (Wildman–Crippen LogP) is 3.09. The van der Waals surface area contributed by atoms with Gasteiger partial charge in [0.25, 0.3) is 0 Å². The second-order valence-corrected chi connectivity index (χ2v) is 4.96. The predicted molar refractivity (Wildman–Crippen MR) is 89.3 cm³/mol. The highest BCUT2D eigenvalue weighted by Crippen LogP contribution is 2.34. The molecule has 0 aliphatic heterocycles. The molecule has 3 aromatic rings. The van der Waals surface area contributed by atoms with Crippen molar-refractivity contribution in [2.75, 3.05) is 19.5 Å². The van der Waals surface area contributed by atoms with E-state index in [0.29, 0.717) is 28.5 Å². The molecule has 0 amide bonds. The first-order valence-corrected chi connectivity index (χ1v) is 7.09. The fraction of sp³-hybridized carbons (Fsp3) is 0.118. The van der Waals surface area contributed by atoms with E-state index in [1.54, 1.807) is 38.5 Å². The molecule has 7 nitrogen and oxygen atoms in total. The summed E-state index contributed by atoms with van der Waals surface area (Å²) < 4.78 is 10.6. The van der Waals surface area contributed by atoms with Crippen LogP contribution in [0.15, 0.2) is 42.7 Å². The molecule has 0 spiro atoms. The van der Waals surface area contributed by atoms with E-state index in [0.717, 1.165) is 5.39 Å². The van der Waals surface area contributed by atoms with Crippen LogP contribution in [0.3, 0.4) is 0 Å². The van der Waals surface area contributed by atoms with Crippen LogP contribution in [0.1, 0.15) is 10.4 Å². The highest BCUT2D eigenvalue weighted by molar-refractivity contribution is 5.94. The van der Waals surface area contributed by atoms with Crippen molar-refractivity contribution in [1.29, 1.82) is 0 Å². The standard InChI is InChI=1S/C17H15N3O4/c1-23-14-7-12-13(8-15(14)24-2)18-9-19-16(12)20-11-5-3-4-10(6-11)17(21)22/h3-9H,1-2H3,(H,21,22)(H,18,19,20). The number of carbonyl (C=O) groups is 1. The number of fused-ring (bicyclic) bond motifs is 1. The molecule has 0 radical (unpaired) electrons. The molecule has 0 aliphatic rings. The third-order valence-electron chi connectivity index (χ3n) is 3.51. The van der Waals surface area contributed by atoms with Crippen LogP contribution in [0.2, 0.25) is 0 Å². The van der Waals surface area contributed by atoms with Crippen molar-refractivity contribution in [3.8, 4) is 11.5 Å². The topological polar surface area (TPSA) is 93.6 Å². The number of carboxylic acid groups (broad SMARTS) is 1. The van der Waals surface area contributed by atoms with Gasteiger partial charge in [0.15, 0.2) is 11.5 Å². The van der Waals surface area contributed by atoms with Gasteiger partial charge in [-0.2, -0.15) is 0 Å². The second kappa shape index (κ2) is 6.41. The van der Waals surface area contributed by atoms with Gasteiger partial charge in [0.1, 0.15) is 12.1 Å². The normalized spacial score (nSPS) is 10.4. The molecule has 2 aromatic carbocycles. The van der Waals surface area contributed by atoms with Gasteiger partial charge in [-0.15, -0.1) is 0 Å². The lowest BCUT2D eigenvalue weighted by Gasteiger charge is -2.12. The first-order valence-electron chi connectivity index (χ1n) is 7.09. The molecular formula is C17H15N3O4. The SMILES string of the molecule is COc1cc2ncnc(Nc3cccc(C(=O)O)c3)c2cc1OC. The lowest BCUT2D eigenvalue weighted by molar-refractivity contribution is 0.0697. The second-order valence-electron chi connectivity index (χ2n) is 4.96. The van der Waals surface area contributed by atoms with Gasteiger partial charge in [-0.1, -0.05) is 6.07 Å². The number of aromatic carboxylic acids is 1. The fourth-order valence-corrected chi connectivity index (χ4v) is 2.35. The minimum absolute atomic E-state index is 0.192. The quantitative estimate of drug-likeness (QED) is 0.744. The van der Waals surface area contributed by atoms with Crippen molar-refractivity contribution in [2.45, 2.75) is 0 Å². The maximum Gasteiger partial charge on any atom is 0.335 e. The maximum absolute atomic E-state index is 11.1. The van der Waals surface area contributed by atoms with Crippen molar-refractivity contribution >= 4 is 28.4 Å². The first kappa shape index (κ1) is 15.5. The molecule has 0 unspecified atom stereocenters. The van der Waals surface area contributed by atoms with Gasteiger partial charge in [0.05, 0.1) is 25.3 Å². The van der Waals surface area contributed by atoms with E-state index in [-0.39, 0.29) is 5.56 Å². The number of ether oxygens (including phenoxy) is 2. The Kier molecular flexibility index (Phi) is 4.15. The van der Waals surface area contributed by atoms with E-state index in [2.05, 4.69) is 15.3 Å². The number of nitrogens with one attached hydrogen (secondary N) is 1. The Balaban J connectivity index is 2.06. The summed E-state index contributed by atoms with van der Waals surface area (Å²) in [6.07, 6.45) is 1.43. The van der Waals surface area contributed by atoms with Crippen LogP contribution < -0.4 is 14.8 Å². The number of anilines is 2. The summed E-state index contributed by atoms with van der Waals surface area (Å²) in [6, 6.07) is 10.0. The summed E-state index contributed by atoms with van der Waals surface area (Å²) in [5.74, 6) is 0.686. The van der Waals surface area contributed by atoms with Gasteiger partial charge in [0.2, 0.25) is 0 Å². The average Bonchev–Trinajstić information content (AvgIpc) is 2.61. The van der Waals surface area contributed by atoms with Gasteiger partial charge in [0, 0.05) is 17.1 Å². The largest absolute Gasteiger partial charge is 0.493 e. The van der Waals surface area contributed by atoms with Crippen LogP contribution in [-0.2, 0) is 0 Å². The molecule has 7 heteroatoms. The van der Waals surface area contributed by atoms with Crippen molar-refractivity contribution in [3.05, 3.63) is 48.3 Å². The van der Waals surface area contributed by atoms with Crippen LogP contribution in [0.25, 0.3) is 10.9 Å². The van der Waals surface area contributed by atoms with Gasteiger partial charge in [-0.05, 0) is 24.3 Å². The molecule has 2 N–H and O–H groups in total. The van der Waals surface area contributed by atoms with Crippen molar-refractivity contribution in [3.63, 3.8) is 0 Å². The molecule has 0 bridgehead atoms. The highest BCUT2D eigenvalue weighted by atomic mass is 16.5. The number of hydrogen-bond donors (Lipinski definition) is 2. The molecule has 0 saturated heterocycles. The number of methoxy groups -OCH3 is 2. The van der Waals surface area contributed by atoms with E-state index in [1.165, 1.54) is 18.5 Å². The lowest BCUT2D eigenvalue weighted by Crippen LogP contribution is -2.00. The smallest absolute Gasteiger partial charge is 0.335 e. The van der Waals surface area contributed by atoms with Crippen LogP contribution in [-0.4, -0.2) is 35.3 Å². The molecule has 1 aromatic heterocycles. The zero-order valence-electron chi connectivity index (χ0n) is 13.1. The Labute approximate surface area is 137 Å². The summed E-state index contributed by atoms with van der Waals surface area (Å²) in [5.41, 5.74) is 1.49. The van der Waals surface area contributed by atoms with Crippen LogP contribution in [0, 0.1) is 0 Å². The Morgan fingerprint density at radius 3 is 2.54 bits per heavy atom. The summed E-state index contributed by atoms with van der Waals surface area (Å²) in [4.78, 5) is 19.6. The van der Waals surface area contributed by atoms with Crippen LogP contribution >= 0.6 is 0 Å². The summed E-state index contributed by atoms with van der Waals surface area (Å²) in [5, 5.41) is 12.9. The molecule has 0 fully saturated rings.